The fourth-order valence-corrected chi connectivity index (χ4v) is 14.8. The lowest BCUT2D eigenvalue weighted by molar-refractivity contribution is 0.0947. The zero-order valence-corrected chi connectivity index (χ0v) is 57.6. The number of hydrogen-bond acceptors (Lipinski definition) is 20. The molecule has 1 aliphatic rings. The van der Waals surface area contributed by atoms with Crippen molar-refractivity contribution in [2.24, 2.45) is 21.1 Å². The highest BCUT2D eigenvalue weighted by atomic mass is 32.1. The number of hydrogen-bond donors (Lipinski definition) is 4. The van der Waals surface area contributed by atoms with E-state index in [2.05, 4.69) is 41.6 Å². The molecule has 0 saturated carbocycles. The number of aromatic amines is 1. The summed E-state index contributed by atoms with van der Waals surface area (Å²) < 4.78 is 36.8. The number of H-pyrrole nitrogens is 1. The van der Waals surface area contributed by atoms with Crippen molar-refractivity contribution >= 4 is 93.7 Å². The van der Waals surface area contributed by atoms with Gasteiger partial charge in [0.15, 0.2) is 5.82 Å². The first-order valence-electron chi connectivity index (χ1n) is 30.8. The lowest BCUT2D eigenvalue weighted by atomic mass is 10.1. The molecule has 510 valence electrons. The van der Waals surface area contributed by atoms with Crippen LogP contribution in [0.4, 0.5) is 4.39 Å². The van der Waals surface area contributed by atoms with Gasteiger partial charge in [-0.1, -0.05) is 72.8 Å². The van der Waals surface area contributed by atoms with Gasteiger partial charge in [-0.15, -0.1) is 50.4 Å². The van der Waals surface area contributed by atoms with Crippen LogP contribution in [-0.2, 0) is 66.8 Å². The van der Waals surface area contributed by atoms with Crippen molar-refractivity contribution in [1.29, 1.82) is 0 Å². The van der Waals surface area contributed by atoms with Gasteiger partial charge in [-0.05, 0) is 111 Å². The van der Waals surface area contributed by atoms with E-state index in [4.69, 9.17) is 14.2 Å². The Labute approximate surface area is 581 Å². The fourth-order valence-electron chi connectivity index (χ4n) is 10.9. The van der Waals surface area contributed by atoms with Crippen molar-refractivity contribution in [3.05, 3.63) is 266 Å². The van der Waals surface area contributed by atoms with Crippen LogP contribution < -0.4 is 63.9 Å². The molecule has 13 aromatic rings. The number of nitrogens with one attached hydrogen (secondary N) is 4. The number of fused-ring (bicyclic) bond motifs is 4. The van der Waals surface area contributed by atoms with Gasteiger partial charge in [-0.3, -0.25) is 56.2 Å². The summed E-state index contributed by atoms with van der Waals surface area (Å²) in [6, 6.07) is 38.2. The van der Waals surface area contributed by atoms with Gasteiger partial charge >= 0.3 is 17.1 Å². The van der Waals surface area contributed by atoms with E-state index in [-0.39, 0.29) is 55.1 Å². The average Bonchev–Trinajstić information content (AvgIpc) is 1.57. The molecule has 0 atom stereocenters. The average molecular weight is 1430 g/mol. The highest BCUT2D eigenvalue weighted by Gasteiger charge is 2.23. The second-order valence-corrected chi connectivity index (χ2v) is 27.3. The van der Waals surface area contributed by atoms with Gasteiger partial charge in [0.2, 0.25) is 0 Å². The van der Waals surface area contributed by atoms with E-state index in [9.17, 15) is 47.5 Å². The minimum absolute atomic E-state index is 0.0678. The quantitative estimate of drug-likeness (QED) is 0.0657. The van der Waals surface area contributed by atoms with E-state index < -0.39 is 33.7 Å². The van der Waals surface area contributed by atoms with Crippen LogP contribution in [0.25, 0.3) is 42.0 Å². The molecular formula is C69H61FN14O12S4. The van der Waals surface area contributed by atoms with Crippen molar-refractivity contribution < 1.29 is 33.0 Å². The number of thiazole rings is 1. The smallest absolute Gasteiger partial charge is 0.332 e. The molecule has 0 radical (unpaired) electrons. The molecule has 0 bridgehead atoms. The first-order valence-corrected chi connectivity index (χ1v) is 34.0. The summed E-state index contributed by atoms with van der Waals surface area (Å²) in [4.78, 5) is 124. The number of aromatic nitrogens is 11. The van der Waals surface area contributed by atoms with Gasteiger partial charge < -0.3 is 30.2 Å². The van der Waals surface area contributed by atoms with Crippen LogP contribution in [0.1, 0.15) is 72.3 Å². The Morgan fingerprint density at radius 3 is 1.47 bits per heavy atom. The van der Waals surface area contributed by atoms with Crippen LogP contribution in [0, 0.1) is 12.7 Å². The molecule has 3 amide bonds. The highest BCUT2D eigenvalue weighted by Crippen LogP contribution is 2.29. The van der Waals surface area contributed by atoms with Crippen molar-refractivity contribution in [3.63, 3.8) is 0 Å². The minimum Gasteiger partial charge on any atom is -0.497 e. The molecule has 1 aliphatic heterocycles. The van der Waals surface area contributed by atoms with Gasteiger partial charge in [-0.25, -0.2) is 28.9 Å². The number of carbonyl (C=O) groups excluding carboxylic acids is 3. The van der Waals surface area contributed by atoms with E-state index in [1.807, 2.05) is 73.7 Å². The second-order valence-electron chi connectivity index (χ2n) is 22.9. The number of amides is 3. The maximum Gasteiger partial charge on any atom is 0.332 e. The van der Waals surface area contributed by atoms with Crippen LogP contribution in [0.5, 0.6) is 17.2 Å². The topological polar surface area (TPSA) is 314 Å². The molecule has 31 heteroatoms. The lowest BCUT2D eigenvalue weighted by Gasteiger charge is -2.09. The molecule has 0 spiro atoms. The molecule has 9 heterocycles. The molecule has 4 N–H and O–H groups in total. The minimum atomic E-state index is -0.480. The van der Waals surface area contributed by atoms with Crippen LogP contribution in [-0.4, -0.2) is 91.6 Å². The standard InChI is InChI=1S/C25H23N3O5S.C23H18FN7O3S.C21H20N4O4S2/c1-27-24-19(12-21(34-24)22(29)26-13-15-4-3-5-18(10-15)32-2)23(30)28(25(27)31)14-16-6-7-17-8-9-33-20(17)11-16;1-30-22-17(10-18(35-22)20(32)25-11-13-4-8-16(24)9-5-13)21(33)31(23(30)34)12-14-2-6-15(7-3-14)19-26-28-29-27-19;1-12-22-10-15(30-12)11-25-19(27)16-8-17(31-20(16)24(2)21(25)28)18(26)23-9-13-5-4-6-14(7-13)29-3/h3-7,10-12H,8-9,13-14H2,1-2H3,(H,26,29);2-10H,11-12H2,1H3,(H,25,32)(H,26,27,28,29);4-8,10H,9,11H2,1-3H3,(H,23,26). The van der Waals surface area contributed by atoms with Gasteiger partial charge in [-0.2, -0.15) is 0 Å². The number of carbonyl (C=O) groups is 3. The normalized spacial score (nSPS) is 11.6. The number of tetrazole rings is 1. The Hall–Kier alpha value is -11.5. The van der Waals surface area contributed by atoms with Crippen LogP contribution >= 0.6 is 45.3 Å². The summed E-state index contributed by atoms with van der Waals surface area (Å²) >= 11 is 4.76. The SMILES string of the molecule is COc1cccc(CNC(=O)c2cc3c(=O)n(Cc4ccc5c(c4)OCC5)c(=O)n(C)c3s2)c1.COc1cccc(CNC(=O)c2cc3c(=O)n(Cc4cnc(C)s4)c(=O)n(C)c3s2)c1.Cn1c(=O)n(Cc2ccc(-c3nnn[nH]3)cc2)c(=O)c2cc(C(=O)NCc3ccc(F)cc3)sc21. The number of rotatable bonds is 18. The summed E-state index contributed by atoms with van der Waals surface area (Å²) in [5.74, 6) is 1.37. The summed E-state index contributed by atoms with van der Waals surface area (Å²) in [7, 11) is 7.96. The van der Waals surface area contributed by atoms with E-state index in [0.29, 0.717) is 76.9 Å². The van der Waals surface area contributed by atoms with Crippen LogP contribution in [0.15, 0.2) is 168 Å². The van der Waals surface area contributed by atoms with Crippen molar-refractivity contribution in [2.75, 3.05) is 20.8 Å². The van der Waals surface area contributed by atoms with E-state index in [1.54, 1.807) is 90.1 Å². The van der Waals surface area contributed by atoms with Crippen LogP contribution in [0.3, 0.4) is 0 Å². The molecule has 8 aromatic heterocycles. The lowest BCUT2D eigenvalue weighted by Crippen LogP contribution is -2.38. The Kier molecular flexibility index (Phi) is 20.3. The molecule has 5 aromatic carbocycles. The Balaban J connectivity index is 0.000000142. The van der Waals surface area contributed by atoms with Gasteiger partial charge in [0.1, 0.15) is 37.6 Å². The third-order valence-electron chi connectivity index (χ3n) is 16.2. The van der Waals surface area contributed by atoms with E-state index in [0.717, 1.165) is 99.6 Å². The zero-order chi connectivity index (χ0) is 70.5. The number of methoxy groups -OCH3 is 2. The molecular weight excluding hydrogens is 1360 g/mol. The summed E-state index contributed by atoms with van der Waals surface area (Å²) in [6.45, 7) is 3.70. The largest absolute Gasteiger partial charge is 0.497 e. The van der Waals surface area contributed by atoms with Crippen molar-refractivity contribution in [2.45, 2.75) is 52.6 Å². The number of aryl methyl sites for hydroxylation is 4. The third kappa shape index (κ3) is 14.8. The molecule has 0 fully saturated rings. The fraction of sp³-hybridized carbons (Fsp3) is 0.203. The second kappa shape index (κ2) is 29.7. The van der Waals surface area contributed by atoms with Crippen LogP contribution in [0.2, 0.25) is 0 Å². The van der Waals surface area contributed by atoms with Crippen molar-refractivity contribution in [1.82, 2.24) is 69.0 Å². The van der Waals surface area contributed by atoms with Gasteiger partial charge in [0.05, 0.1) is 76.3 Å². The Morgan fingerprint density at radius 1 is 0.550 bits per heavy atom. The monoisotopic (exact) mass is 1420 g/mol. The number of benzene rings is 5. The van der Waals surface area contributed by atoms with E-state index >= 15 is 0 Å². The first-order chi connectivity index (χ1) is 48.2. The molecule has 0 unspecified atom stereocenters. The Bertz CT molecular complexity index is 5670. The maximum atomic E-state index is 13.2. The molecule has 100 heavy (non-hydrogen) atoms. The first kappa shape index (κ1) is 68.4. The van der Waals surface area contributed by atoms with E-state index in [1.165, 1.54) is 52.4 Å². The predicted octanol–water partition coefficient (Wildman–Crippen LogP) is 7.26. The zero-order valence-electron chi connectivity index (χ0n) is 54.3. The molecule has 14 rings (SSSR count). The van der Waals surface area contributed by atoms with Crippen molar-refractivity contribution in [3.8, 4) is 28.6 Å². The van der Waals surface area contributed by atoms with Gasteiger partial charge in [0, 0.05) is 63.8 Å². The summed E-state index contributed by atoms with van der Waals surface area (Å²) in [5, 5.41) is 23.9. The number of nitrogens with zero attached hydrogens (tertiary/aromatic N) is 10. The predicted molar refractivity (Wildman–Crippen MR) is 379 cm³/mol. The van der Waals surface area contributed by atoms with Gasteiger partial charge in [0.25, 0.3) is 34.4 Å². The Morgan fingerprint density at radius 2 is 1.01 bits per heavy atom. The number of ether oxygens (including phenoxy) is 3. The molecule has 26 nitrogen and oxygen atoms in total. The molecule has 0 aliphatic carbocycles. The number of thiophene rings is 3. The highest BCUT2D eigenvalue weighted by molar-refractivity contribution is 7.21. The number of halogens is 1. The summed E-state index contributed by atoms with van der Waals surface area (Å²) in [5.41, 5.74) is 3.34. The summed E-state index contributed by atoms with van der Waals surface area (Å²) in [6.07, 6.45) is 2.53. The third-order valence-corrected chi connectivity index (χ3v) is 20.8. The maximum absolute atomic E-state index is 13.2. The molecule has 0 saturated heterocycles.